The number of hydrogen-bond acceptors (Lipinski definition) is 1. The predicted octanol–water partition coefficient (Wildman–Crippen LogP) is 2.04. The van der Waals surface area contributed by atoms with E-state index in [9.17, 15) is 4.79 Å². The third-order valence-corrected chi connectivity index (χ3v) is 2.55. The minimum absolute atomic E-state index is 0.000697. The third kappa shape index (κ3) is 1.73. The van der Waals surface area contributed by atoms with Crippen molar-refractivity contribution in [2.45, 2.75) is 20.3 Å². The zero-order valence-corrected chi connectivity index (χ0v) is 8.95. The molecule has 3 heteroatoms. The highest BCUT2D eigenvalue weighted by atomic mass is 16.1. The number of aryl methyl sites for hydroxylation is 2. The normalized spacial score (nSPS) is 10.5. The Morgan fingerprint density at radius 2 is 2.07 bits per heavy atom. The van der Waals surface area contributed by atoms with Crippen LogP contribution in [-0.2, 0) is 6.42 Å². The van der Waals surface area contributed by atoms with E-state index in [1.807, 2.05) is 44.3 Å². The van der Waals surface area contributed by atoms with Crippen LogP contribution in [0.1, 0.15) is 18.1 Å². The Kier molecular flexibility index (Phi) is 2.46. The van der Waals surface area contributed by atoms with Gasteiger partial charge in [-0.3, -0.25) is 14.6 Å². The predicted molar refractivity (Wildman–Crippen MR) is 60.5 cm³/mol. The Labute approximate surface area is 88.4 Å². The van der Waals surface area contributed by atoms with E-state index in [0.717, 1.165) is 23.2 Å². The van der Waals surface area contributed by atoms with Crippen molar-refractivity contribution in [3.8, 4) is 5.69 Å². The summed E-state index contributed by atoms with van der Waals surface area (Å²) in [5.74, 6) is 0. The standard InChI is InChI=1S/C12H14N2O/c1-3-10-8-14(13-12(10)15)11-7-5-4-6-9(11)2/h4-8H,3H2,1-2H3,(H,13,15). The molecule has 0 amide bonds. The molecule has 0 atom stereocenters. The summed E-state index contributed by atoms with van der Waals surface area (Å²) in [4.78, 5) is 11.5. The van der Waals surface area contributed by atoms with E-state index in [4.69, 9.17) is 0 Å². The van der Waals surface area contributed by atoms with Gasteiger partial charge in [-0.25, -0.2) is 0 Å². The van der Waals surface area contributed by atoms with Gasteiger partial charge in [0, 0.05) is 11.8 Å². The van der Waals surface area contributed by atoms with Gasteiger partial charge in [0.25, 0.3) is 5.56 Å². The molecule has 1 N–H and O–H groups in total. The first-order chi connectivity index (χ1) is 7.22. The van der Waals surface area contributed by atoms with Crippen LogP contribution in [0.3, 0.4) is 0 Å². The van der Waals surface area contributed by atoms with E-state index in [0.29, 0.717) is 0 Å². The summed E-state index contributed by atoms with van der Waals surface area (Å²) in [7, 11) is 0. The van der Waals surface area contributed by atoms with Crippen molar-refractivity contribution in [3.63, 3.8) is 0 Å². The average molecular weight is 202 g/mol. The molecule has 0 saturated carbocycles. The summed E-state index contributed by atoms with van der Waals surface area (Å²) in [6.45, 7) is 4.01. The number of nitrogens with one attached hydrogen (secondary N) is 1. The van der Waals surface area contributed by atoms with Crippen LogP contribution in [0.25, 0.3) is 5.69 Å². The van der Waals surface area contributed by atoms with Gasteiger partial charge in [-0.15, -0.1) is 0 Å². The quantitative estimate of drug-likeness (QED) is 0.795. The van der Waals surface area contributed by atoms with Gasteiger partial charge in [-0.05, 0) is 25.0 Å². The lowest BCUT2D eigenvalue weighted by molar-refractivity contribution is 0.857. The first-order valence-electron chi connectivity index (χ1n) is 5.09. The molecule has 1 heterocycles. The summed E-state index contributed by atoms with van der Waals surface area (Å²) in [6.07, 6.45) is 2.62. The number of rotatable bonds is 2. The van der Waals surface area contributed by atoms with Crippen molar-refractivity contribution >= 4 is 0 Å². The Balaban J connectivity index is 2.55. The van der Waals surface area contributed by atoms with E-state index < -0.39 is 0 Å². The fourth-order valence-electron chi connectivity index (χ4n) is 1.64. The minimum Gasteiger partial charge on any atom is -0.268 e. The van der Waals surface area contributed by atoms with Gasteiger partial charge in [-0.2, -0.15) is 0 Å². The topological polar surface area (TPSA) is 37.8 Å². The van der Waals surface area contributed by atoms with Crippen molar-refractivity contribution in [3.05, 3.63) is 51.9 Å². The number of benzene rings is 1. The average Bonchev–Trinajstić information content (AvgIpc) is 2.60. The summed E-state index contributed by atoms with van der Waals surface area (Å²) >= 11 is 0. The second kappa shape index (κ2) is 3.77. The van der Waals surface area contributed by atoms with Crippen LogP contribution in [0.15, 0.2) is 35.3 Å². The van der Waals surface area contributed by atoms with Gasteiger partial charge < -0.3 is 0 Å². The first kappa shape index (κ1) is 9.77. The summed E-state index contributed by atoms with van der Waals surface area (Å²) < 4.78 is 1.79. The van der Waals surface area contributed by atoms with Crippen LogP contribution < -0.4 is 5.56 Å². The second-order valence-electron chi connectivity index (χ2n) is 3.61. The van der Waals surface area contributed by atoms with Crippen LogP contribution in [0.4, 0.5) is 0 Å². The molecule has 0 aliphatic heterocycles. The fourth-order valence-corrected chi connectivity index (χ4v) is 1.64. The van der Waals surface area contributed by atoms with Crippen molar-refractivity contribution in [2.75, 3.05) is 0 Å². The molecule has 2 rings (SSSR count). The highest BCUT2D eigenvalue weighted by molar-refractivity contribution is 5.39. The molecular formula is C12H14N2O. The summed E-state index contributed by atoms with van der Waals surface area (Å²) in [5.41, 5.74) is 2.99. The van der Waals surface area contributed by atoms with Crippen LogP contribution in [0.5, 0.6) is 0 Å². The van der Waals surface area contributed by atoms with Gasteiger partial charge in [-0.1, -0.05) is 25.1 Å². The molecule has 78 valence electrons. The molecule has 1 aromatic carbocycles. The Morgan fingerprint density at radius 1 is 1.33 bits per heavy atom. The molecule has 2 aromatic rings. The lowest BCUT2D eigenvalue weighted by Crippen LogP contribution is -2.07. The largest absolute Gasteiger partial charge is 0.268 e. The molecule has 0 aliphatic rings. The van der Waals surface area contributed by atoms with Crippen LogP contribution in [-0.4, -0.2) is 9.78 Å². The first-order valence-corrected chi connectivity index (χ1v) is 5.09. The maximum Gasteiger partial charge on any atom is 0.267 e. The highest BCUT2D eigenvalue weighted by Crippen LogP contribution is 2.11. The lowest BCUT2D eigenvalue weighted by atomic mass is 10.2. The Hall–Kier alpha value is -1.77. The zero-order chi connectivity index (χ0) is 10.8. The van der Waals surface area contributed by atoms with Crippen LogP contribution in [0, 0.1) is 6.92 Å². The van der Waals surface area contributed by atoms with Crippen molar-refractivity contribution in [2.24, 2.45) is 0 Å². The van der Waals surface area contributed by atoms with Crippen LogP contribution >= 0.6 is 0 Å². The number of aromatic nitrogens is 2. The Morgan fingerprint density at radius 3 is 2.67 bits per heavy atom. The second-order valence-corrected chi connectivity index (χ2v) is 3.61. The molecule has 0 spiro atoms. The Bertz CT molecular complexity index is 522. The summed E-state index contributed by atoms with van der Waals surface area (Å²) in [5, 5.41) is 2.81. The highest BCUT2D eigenvalue weighted by Gasteiger charge is 2.04. The van der Waals surface area contributed by atoms with E-state index in [2.05, 4.69) is 5.10 Å². The molecular weight excluding hydrogens is 188 g/mol. The number of para-hydroxylation sites is 1. The SMILES string of the molecule is CCc1cn(-c2ccccc2C)[nH]c1=O. The van der Waals surface area contributed by atoms with Gasteiger partial charge in [0.2, 0.25) is 0 Å². The van der Waals surface area contributed by atoms with Gasteiger partial charge >= 0.3 is 0 Å². The van der Waals surface area contributed by atoms with E-state index in [-0.39, 0.29) is 5.56 Å². The molecule has 1 aromatic heterocycles. The zero-order valence-electron chi connectivity index (χ0n) is 8.95. The molecule has 3 nitrogen and oxygen atoms in total. The molecule has 0 radical (unpaired) electrons. The number of H-pyrrole nitrogens is 1. The maximum atomic E-state index is 11.5. The van der Waals surface area contributed by atoms with Gasteiger partial charge in [0.1, 0.15) is 0 Å². The van der Waals surface area contributed by atoms with Crippen LogP contribution in [0.2, 0.25) is 0 Å². The molecule has 0 bridgehead atoms. The molecule has 0 fully saturated rings. The van der Waals surface area contributed by atoms with Crippen molar-refractivity contribution in [1.82, 2.24) is 9.78 Å². The van der Waals surface area contributed by atoms with E-state index >= 15 is 0 Å². The van der Waals surface area contributed by atoms with E-state index in [1.165, 1.54) is 0 Å². The third-order valence-electron chi connectivity index (χ3n) is 2.55. The van der Waals surface area contributed by atoms with Gasteiger partial charge in [0.05, 0.1) is 5.69 Å². The monoisotopic (exact) mass is 202 g/mol. The fraction of sp³-hybridized carbons (Fsp3) is 0.250. The van der Waals surface area contributed by atoms with Crippen molar-refractivity contribution in [1.29, 1.82) is 0 Å². The molecule has 0 aliphatic carbocycles. The number of hydrogen-bond donors (Lipinski definition) is 1. The maximum absolute atomic E-state index is 11.5. The summed E-state index contributed by atoms with van der Waals surface area (Å²) in [6, 6.07) is 7.97. The molecule has 0 saturated heterocycles. The van der Waals surface area contributed by atoms with Gasteiger partial charge in [0.15, 0.2) is 0 Å². The number of aromatic amines is 1. The smallest absolute Gasteiger partial charge is 0.267 e. The number of nitrogens with zero attached hydrogens (tertiary/aromatic N) is 1. The molecule has 15 heavy (non-hydrogen) atoms. The van der Waals surface area contributed by atoms with E-state index in [1.54, 1.807) is 4.68 Å². The molecule has 0 unspecified atom stereocenters. The van der Waals surface area contributed by atoms with Crippen molar-refractivity contribution < 1.29 is 0 Å². The lowest BCUT2D eigenvalue weighted by Gasteiger charge is -2.05. The minimum atomic E-state index is 0.000697.